The van der Waals surface area contributed by atoms with Crippen molar-refractivity contribution in [2.45, 2.75) is 76.4 Å². The number of hydrogen-bond donors (Lipinski definition) is 1. The van der Waals surface area contributed by atoms with Gasteiger partial charge < -0.3 is 19.9 Å². The number of carbonyl (C=O) groups is 1. The highest BCUT2D eigenvalue weighted by Crippen LogP contribution is 2.45. The second-order valence-electron chi connectivity index (χ2n) is 9.03. The number of nitrogens with zero attached hydrogens (tertiary/aromatic N) is 2. The van der Waals surface area contributed by atoms with Crippen LogP contribution < -0.4 is 10.5 Å². The van der Waals surface area contributed by atoms with E-state index in [2.05, 4.69) is 11.9 Å². The first-order chi connectivity index (χ1) is 14.9. The van der Waals surface area contributed by atoms with Gasteiger partial charge in [-0.25, -0.2) is 4.98 Å². The Balaban J connectivity index is 1.43. The maximum atomic E-state index is 11.5. The van der Waals surface area contributed by atoms with Crippen molar-refractivity contribution >= 4 is 17.0 Å². The summed E-state index contributed by atoms with van der Waals surface area (Å²) in [5.74, 6) is 0.362. The standard InChI is InChI=1S/C24H33N3O4/c1-3-29-21(28)5-4-14-30-20-7-6-19-22(27-20)18(17(2)15-26-19)8-9-24-12-10-23(25,11-13-24)16-31-24/h6-7,15H,3-5,8-14,16,25H2,1-2H3. The Morgan fingerprint density at radius 2 is 2.06 bits per heavy atom. The van der Waals surface area contributed by atoms with E-state index in [1.165, 1.54) is 5.56 Å². The van der Waals surface area contributed by atoms with Gasteiger partial charge in [-0.15, -0.1) is 0 Å². The van der Waals surface area contributed by atoms with E-state index in [1.807, 2.05) is 18.3 Å². The molecule has 1 saturated carbocycles. The fourth-order valence-corrected chi connectivity index (χ4v) is 4.68. The van der Waals surface area contributed by atoms with Gasteiger partial charge in [0.1, 0.15) is 0 Å². The van der Waals surface area contributed by atoms with E-state index >= 15 is 0 Å². The Hall–Kier alpha value is -2.25. The van der Waals surface area contributed by atoms with E-state index in [4.69, 9.17) is 24.9 Å². The Morgan fingerprint density at radius 1 is 1.26 bits per heavy atom. The second kappa shape index (κ2) is 9.09. The topological polar surface area (TPSA) is 96.6 Å². The molecular formula is C24H33N3O4. The van der Waals surface area contributed by atoms with Gasteiger partial charge in [0, 0.05) is 24.2 Å². The molecule has 3 fully saturated rings. The summed E-state index contributed by atoms with van der Waals surface area (Å²) in [5.41, 5.74) is 10.3. The molecule has 2 aromatic heterocycles. The van der Waals surface area contributed by atoms with Crippen molar-refractivity contribution in [3.05, 3.63) is 29.5 Å². The normalized spacial score (nSPS) is 25.0. The Labute approximate surface area is 183 Å². The third-order valence-electron chi connectivity index (χ3n) is 6.74. The van der Waals surface area contributed by atoms with E-state index in [-0.39, 0.29) is 17.1 Å². The summed E-state index contributed by atoms with van der Waals surface area (Å²) in [6.07, 6.45) is 8.89. The first-order valence-corrected chi connectivity index (χ1v) is 11.4. The molecule has 2 bridgehead atoms. The van der Waals surface area contributed by atoms with E-state index in [9.17, 15) is 4.79 Å². The molecule has 168 valence electrons. The molecule has 0 unspecified atom stereocenters. The molecule has 1 aliphatic carbocycles. The zero-order chi connectivity index (χ0) is 21.9. The van der Waals surface area contributed by atoms with Crippen molar-refractivity contribution in [1.29, 1.82) is 0 Å². The largest absolute Gasteiger partial charge is 0.478 e. The number of carbonyl (C=O) groups excluding carboxylic acids is 1. The van der Waals surface area contributed by atoms with Gasteiger partial charge in [-0.05, 0) is 76.0 Å². The number of esters is 1. The molecule has 4 heterocycles. The monoisotopic (exact) mass is 427 g/mol. The van der Waals surface area contributed by atoms with Gasteiger partial charge in [0.2, 0.25) is 5.88 Å². The molecule has 0 atom stereocenters. The number of ether oxygens (including phenoxy) is 3. The highest BCUT2D eigenvalue weighted by Gasteiger charge is 2.47. The van der Waals surface area contributed by atoms with Crippen LogP contribution in [0.15, 0.2) is 18.3 Å². The lowest BCUT2D eigenvalue weighted by Crippen LogP contribution is -2.59. The van der Waals surface area contributed by atoms with Crippen LogP contribution in [0.1, 0.15) is 63.0 Å². The maximum absolute atomic E-state index is 11.5. The molecule has 3 aliphatic rings. The maximum Gasteiger partial charge on any atom is 0.305 e. The van der Waals surface area contributed by atoms with Gasteiger partial charge in [-0.3, -0.25) is 9.78 Å². The van der Waals surface area contributed by atoms with E-state index in [0.717, 1.165) is 55.1 Å². The fraction of sp³-hybridized carbons (Fsp3) is 0.625. The molecule has 7 nitrogen and oxygen atoms in total. The lowest BCUT2D eigenvalue weighted by Gasteiger charge is -2.51. The average molecular weight is 428 g/mol. The minimum Gasteiger partial charge on any atom is -0.478 e. The molecule has 2 aliphatic heterocycles. The van der Waals surface area contributed by atoms with E-state index in [0.29, 0.717) is 38.5 Å². The molecular weight excluding hydrogens is 394 g/mol. The van der Waals surface area contributed by atoms with Gasteiger partial charge in [0.15, 0.2) is 0 Å². The van der Waals surface area contributed by atoms with Crippen LogP contribution in [-0.2, 0) is 20.7 Å². The van der Waals surface area contributed by atoms with Gasteiger partial charge in [0.05, 0.1) is 36.5 Å². The minimum atomic E-state index is -0.196. The smallest absolute Gasteiger partial charge is 0.305 e. The Bertz CT molecular complexity index is 921. The van der Waals surface area contributed by atoms with Crippen LogP contribution in [0.5, 0.6) is 5.88 Å². The minimum absolute atomic E-state index is 0.0512. The molecule has 31 heavy (non-hydrogen) atoms. The summed E-state index contributed by atoms with van der Waals surface area (Å²) in [4.78, 5) is 20.8. The first kappa shape index (κ1) is 22.0. The predicted octanol–water partition coefficient (Wildman–Crippen LogP) is 3.63. The number of hydrogen-bond acceptors (Lipinski definition) is 7. The highest BCUT2D eigenvalue weighted by molar-refractivity contribution is 5.79. The summed E-state index contributed by atoms with van der Waals surface area (Å²) in [7, 11) is 0. The summed E-state index contributed by atoms with van der Waals surface area (Å²) in [6.45, 7) is 5.39. The molecule has 5 rings (SSSR count). The number of rotatable bonds is 9. The number of aryl methyl sites for hydroxylation is 2. The van der Waals surface area contributed by atoms with Crippen molar-refractivity contribution < 1.29 is 19.0 Å². The third kappa shape index (κ3) is 4.99. The van der Waals surface area contributed by atoms with Crippen molar-refractivity contribution in [2.75, 3.05) is 19.8 Å². The molecule has 7 heteroatoms. The van der Waals surface area contributed by atoms with Crippen molar-refractivity contribution in [1.82, 2.24) is 9.97 Å². The van der Waals surface area contributed by atoms with Crippen LogP contribution in [0.4, 0.5) is 0 Å². The fourth-order valence-electron chi connectivity index (χ4n) is 4.68. The molecule has 2 saturated heterocycles. The molecule has 0 aromatic carbocycles. The summed E-state index contributed by atoms with van der Waals surface area (Å²) in [5, 5.41) is 0. The quantitative estimate of drug-likeness (QED) is 0.482. The van der Waals surface area contributed by atoms with E-state index < -0.39 is 0 Å². The van der Waals surface area contributed by atoms with E-state index in [1.54, 1.807) is 6.92 Å². The first-order valence-electron chi connectivity index (χ1n) is 11.4. The third-order valence-corrected chi connectivity index (χ3v) is 6.74. The molecule has 2 N–H and O–H groups in total. The van der Waals surface area contributed by atoms with Crippen LogP contribution in [0.25, 0.3) is 11.0 Å². The van der Waals surface area contributed by atoms with Crippen LogP contribution in [0, 0.1) is 6.92 Å². The lowest BCUT2D eigenvalue weighted by molar-refractivity contribution is -0.156. The van der Waals surface area contributed by atoms with Crippen LogP contribution in [0.3, 0.4) is 0 Å². The van der Waals surface area contributed by atoms with Crippen LogP contribution in [0.2, 0.25) is 0 Å². The second-order valence-corrected chi connectivity index (χ2v) is 9.03. The van der Waals surface area contributed by atoms with Crippen LogP contribution >= 0.6 is 0 Å². The van der Waals surface area contributed by atoms with Crippen molar-refractivity contribution in [2.24, 2.45) is 5.73 Å². The van der Waals surface area contributed by atoms with Gasteiger partial charge in [0.25, 0.3) is 0 Å². The molecule has 0 radical (unpaired) electrons. The number of aromatic nitrogens is 2. The van der Waals surface area contributed by atoms with Gasteiger partial charge in [-0.2, -0.15) is 0 Å². The average Bonchev–Trinajstić information content (AvgIpc) is 2.77. The Morgan fingerprint density at radius 3 is 2.77 bits per heavy atom. The summed E-state index contributed by atoms with van der Waals surface area (Å²) >= 11 is 0. The SMILES string of the molecule is CCOC(=O)CCCOc1ccc2ncc(C)c(CCC34CCC(N)(CC3)CO4)c2n1. The number of nitrogens with two attached hydrogens (primary N) is 1. The zero-order valence-electron chi connectivity index (χ0n) is 18.6. The molecule has 0 spiro atoms. The van der Waals surface area contributed by atoms with Crippen molar-refractivity contribution in [3.63, 3.8) is 0 Å². The molecule has 2 aromatic rings. The van der Waals surface area contributed by atoms with Gasteiger partial charge in [-0.1, -0.05) is 0 Å². The van der Waals surface area contributed by atoms with Crippen molar-refractivity contribution in [3.8, 4) is 5.88 Å². The van der Waals surface area contributed by atoms with Crippen LogP contribution in [-0.4, -0.2) is 46.9 Å². The predicted molar refractivity (Wildman–Crippen MR) is 118 cm³/mol. The summed E-state index contributed by atoms with van der Waals surface area (Å²) in [6, 6.07) is 3.79. The Kier molecular flexibility index (Phi) is 6.44. The molecule has 0 amide bonds. The zero-order valence-corrected chi connectivity index (χ0v) is 18.6. The van der Waals surface area contributed by atoms with Gasteiger partial charge >= 0.3 is 5.97 Å². The highest BCUT2D eigenvalue weighted by atomic mass is 16.5. The lowest BCUT2D eigenvalue weighted by atomic mass is 9.70. The number of pyridine rings is 2. The number of fused-ring (bicyclic) bond motifs is 4. The summed E-state index contributed by atoms with van der Waals surface area (Å²) < 4.78 is 17.0.